The zero-order valence-corrected chi connectivity index (χ0v) is 21.5. The number of aromatic nitrogens is 1. The summed E-state index contributed by atoms with van der Waals surface area (Å²) < 4.78 is 40.8. The van der Waals surface area contributed by atoms with Gasteiger partial charge in [0.2, 0.25) is 0 Å². The van der Waals surface area contributed by atoms with Gasteiger partial charge in [-0.1, -0.05) is 16.8 Å². The summed E-state index contributed by atoms with van der Waals surface area (Å²) in [7, 11) is 0. The summed E-state index contributed by atoms with van der Waals surface area (Å²) in [4.78, 5) is 41.3. The van der Waals surface area contributed by atoms with E-state index in [4.69, 9.17) is 16.4 Å². The second kappa shape index (κ2) is 10.8. The first-order valence-corrected chi connectivity index (χ1v) is 12.8. The molecule has 14 heteroatoms. The maximum Gasteiger partial charge on any atom is 0.573 e. The number of oxime groups is 1. The number of halogens is 4. The second-order valence-electron chi connectivity index (χ2n) is 9.57. The van der Waals surface area contributed by atoms with Gasteiger partial charge in [0.25, 0.3) is 5.91 Å². The lowest BCUT2D eigenvalue weighted by Crippen LogP contribution is -2.52. The number of carbonyl (C=O) groups is 2. The Morgan fingerprint density at radius 1 is 1.00 bits per heavy atom. The number of hydrogen-bond acceptors (Lipinski definition) is 7. The minimum Gasteiger partial charge on any atom is -0.406 e. The Balaban J connectivity index is 1.08. The molecule has 3 aliphatic rings. The molecule has 2 saturated heterocycles. The number of piperazine rings is 1. The van der Waals surface area contributed by atoms with Gasteiger partial charge in [-0.3, -0.25) is 4.79 Å². The number of nitrogens with one attached hydrogen (secondary N) is 1. The number of anilines is 2. The summed E-state index contributed by atoms with van der Waals surface area (Å²) in [5.41, 5.74) is 0.0775. The average molecular weight is 567 g/mol. The van der Waals surface area contributed by atoms with E-state index < -0.39 is 12.0 Å². The molecule has 10 nitrogen and oxygen atoms in total. The summed E-state index contributed by atoms with van der Waals surface area (Å²) in [6, 6.07) is 8.11. The van der Waals surface area contributed by atoms with Gasteiger partial charge in [0.15, 0.2) is 0 Å². The van der Waals surface area contributed by atoms with Crippen molar-refractivity contribution in [1.82, 2.24) is 14.8 Å². The number of carbonyl (C=O) groups excluding carboxylic acids is 2. The van der Waals surface area contributed by atoms with Crippen LogP contribution in [0.5, 0.6) is 5.75 Å². The van der Waals surface area contributed by atoms with Crippen LogP contribution in [0.15, 0.2) is 47.8 Å². The molecule has 0 radical (unpaired) electrons. The molecule has 1 N–H and O–H groups in total. The maximum absolute atomic E-state index is 13.1. The minimum atomic E-state index is -4.78. The van der Waals surface area contributed by atoms with Crippen molar-refractivity contribution >= 4 is 40.8 Å². The highest BCUT2D eigenvalue weighted by atomic mass is 35.5. The Labute approximate surface area is 227 Å². The van der Waals surface area contributed by atoms with Crippen LogP contribution in [0.4, 0.5) is 29.5 Å². The Hall–Kier alpha value is -3.74. The molecule has 0 unspecified atom stereocenters. The molecule has 0 aliphatic carbocycles. The highest BCUT2D eigenvalue weighted by molar-refractivity contribution is 6.39. The first-order chi connectivity index (χ1) is 18.6. The maximum atomic E-state index is 13.1. The molecule has 0 bridgehead atoms. The van der Waals surface area contributed by atoms with E-state index in [1.165, 1.54) is 12.1 Å². The fourth-order valence-electron chi connectivity index (χ4n) is 4.88. The molecular formula is C25H26ClF3N6O4. The van der Waals surface area contributed by atoms with Gasteiger partial charge in [-0.25, -0.2) is 9.78 Å². The molecule has 208 valence electrons. The number of ether oxygens (including phenoxy) is 1. The third-order valence-corrected chi connectivity index (χ3v) is 7.29. The Bertz CT molecular complexity index is 1240. The van der Waals surface area contributed by atoms with Crippen LogP contribution in [-0.2, 0) is 9.63 Å². The van der Waals surface area contributed by atoms with E-state index in [2.05, 4.69) is 20.2 Å². The van der Waals surface area contributed by atoms with Gasteiger partial charge in [-0.2, -0.15) is 0 Å². The minimum absolute atomic E-state index is 0.156. The molecule has 1 aromatic carbocycles. The van der Waals surface area contributed by atoms with Crippen LogP contribution in [0, 0.1) is 0 Å². The van der Waals surface area contributed by atoms with Crippen LogP contribution in [0.1, 0.15) is 19.3 Å². The van der Waals surface area contributed by atoms with Crippen molar-refractivity contribution in [2.75, 3.05) is 49.5 Å². The standard InChI is InChI=1S/C25H26ClF3N6O4/c26-19-2-1-9-30-21(19)33-12-14-34(15-13-33)22(36)20-16-24(39-32-20)7-10-35(11-8-24)23(37)31-17-3-5-18(6-4-17)38-25(27,28)29/h1-6,9H,7-8,10-16H2,(H,31,37). The van der Waals surface area contributed by atoms with Crippen LogP contribution in [-0.4, -0.2) is 83.7 Å². The van der Waals surface area contributed by atoms with E-state index in [0.717, 1.165) is 12.1 Å². The van der Waals surface area contributed by atoms with E-state index >= 15 is 0 Å². The lowest BCUT2D eigenvalue weighted by molar-refractivity contribution is -0.274. The number of nitrogens with zero attached hydrogens (tertiary/aromatic N) is 5. The van der Waals surface area contributed by atoms with Crippen LogP contribution in [0.3, 0.4) is 0 Å². The van der Waals surface area contributed by atoms with Gasteiger partial charge in [0.1, 0.15) is 22.9 Å². The van der Waals surface area contributed by atoms with Crippen molar-refractivity contribution in [3.05, 3.63) is 47.6 Å². The highest BCUT2D eigenvalue weighted by Gasteiger charge is 2.45. The lowest BCUT2D eigenvalue weighted by atomic mass is 9.86. The molecule has 5 rings (SSSR count). The van der Waals surface area contributed by atoms with Crippen LogP contribution >= 0.6 is 11.6 Å². The number of pyridine rings is 1. The number of urea groups is 1. The van der Waals surface area contributed by atoms with Gasteiger partial charge >= 0.3 is 12.4 Å². The number of piperidine rings is 1. The quantitative estimate of drug-likeness (QED) is 0.598. The van der Waals surface area contributed by atoms with Gasteiger partial charge in [-0.15, -0.1) is 13.2 Å². The van der Waals surface area contributed by atoms with E-state index in [1.54, 1.807) is 28.1 Å². The van der Waals surface area contributed by atoms with Crippen LogP contribution in [0.2, 0.25) is 5.02 Å². The van der Waals surface area contributed by atoms with E-state index in [1.807, 2.05) is 4.90 Å². The van der Waals surface area contributed by atoms with Gasteiger partial charge in [-0.05, 0) is 36.4 Å². The molecule has 39 heavy (non-hydrogen) atoms. The first-order valence-electron chi connectivity index (χ1n) is 12.4. The zero-order valence-electron chi connectivity index (χ0n) is 20.8. The summed E-state index contributed by atoms with van der Waals surface area (Å²) >= 11 is 6.25. The summed E-state index contributed by atoms with van der Waals surface area (Å²) in [6.07, 6.45) is -1.74. The number of rotatable bonds is 4. The summed E-state index contributed by atoms with van der Waals surface area (Å²) in [5.74, 6) is 0.176. The summed E-state index contributed by atoms with van der Waals surface area (Å²) in [5, 5.41) is 7.36. The number of hydrogen-bond donors (Lipinski definition) is 1. The van der Waals surface area contributed by atoms with Crippen LogP contribution in [0.25, 0.3) is 0 Å². The Morgan fingerprint density at radius 2 is 1.69 bits per heavy atom. The van der Waals surface area contributed by atoms with Gasteiger partial charge < -0.3 is 29.6 Å². The van der Waals surface area contributed by atoms with E-state index in [9.17, 15) is 22.8 Å². The van der Waals surface area contributed by atoms with E-state index in [-0.39, 0.29) is 17.7 Å². The molecule has 2 fully saturated rings. The van der Waals surface area contributed by atoms with Crippen molar-refractivity contribution in [3.8, 4) is 5.75 Å². The predicted molar refractivity (Wildman–Crippen MR) is 137 cm³/mol. The topological polar surface area (TPSA) is 99.6 Å². The van der Waals surface area contributed by atoms with Crippen molar-refractivity contribution in [2.24, 2.45) is 5.16 Å². The van der Waals surface area contributed by atoms with Gasteiger partial charge in [0.05, 0.1) is 5.02 Å². The molecule has 4 heterocycles. The lowest BCUT2D eigenvalue weighted by Gasteiger charge is -2.37. The van der Waals surface area contributed by atoms with Gasteiger partial charge in [0, 0.05) is 70.4 Å². The molecular weight excluding hydrogens is 541 g/mol. The third kappa shape index (κ3) is 6.29. The van der Waals surface area contributed by atoms with Crippen molar-refractivity contribution in [2.45, 2.75) is 31.2 Å². The largest absolute Gasteiger partial charge is 0.573 e. The smallest absolute Gasteiger partial charge is 0.406 e. The number of likely N-dealkylation sites (tertiary alicyclic amines) is 1. The monoisotopic (exact) mass is 566 g/mol. The molecule has 1 spiro atoms. The van der Waals surface area contributed by atoms with Crippen molar-refractivity contribution in [3.63, 3.8) is 0 Å². The zero-order chi connectivity index (χ0) is 27.6. The first kappa shape index (κ1) is 26.9. The SMILES string of the molecule is O=C(Nc1ccc(OC(F)(F)F)cc1)N1CCC2(CC1)CC(C(=O)N1CCN(c3ncccc3Cl)CC1)=NO2. The average Bonchev–Trinajstić information content (AvgIpc) is 3.32. The Morgan fingerprint density at radius 3 is 2.33 bits per heavy atom. The van der Waals surface area contributed by atoms with Crippen LogP contribution < -0.4 is 15.0 Å². The third-order valence-electron chi connectivity index (χ3n) is 6.99. The number of alkyl halides is 3. The molecule has 0 atom stereocenters. The summed E-state index contributed by atoms with van der Waals surface area (Å²) in [6.45, 7) is 2.97. The molecule has 1 aromatic heterocycles. The Kier molecular flexibility index (Phi) is 7.43. The highest BCUT2D eigenvalue weighted by Crippen LogP contribution is 2.35. The fraction of sp³-hybridized carbons (Fsp3) is 0.440. The molecule has 2 aromatic rings. The van der Waals surface area contributed by atoms with E-state index in [0.29, 0.717) is 80.8 Å². The second-order valence-corrected chi connectivity index (χ2v) is 9.97. The number of amides is 3. The molecule has 0 saturated carbocycles. The van der Waals surface area contributed by atoms with Crippen molar-refractivity contribution in [1.29, 1.82) is 0 Å². The number of benzene rings is 1. The predicted octanol–water partition coefficient (Wildman–Crippen LogP) is 4.13. The fourth-order valence-corrected chi connectivity index (χ4v) is 5.12. The van der Waals surface area contributed by atoms with Crippen molar-refractivity contribution < 1.29 is 32.3 Å². The normalized spacial score (nSPS) is 19.0. The molecule has 3 amide bonds. The molecule has 3 aliphatic heterocycles.